The second kappa shape index (κ2) is 5.32. The lowest BCUT2D eigenvalue weighted by Crippen LogP contribution is -2.07. The van der Waals surface area contributed by atoms with E-state index in [1.807, 2.05) is 0 Å². The fourth-order valence-corrected chi connectivity index (χ4v) is 2.45. The summed E-state index contributed by atoms with van der Waals surface area (Å²) in [5, 5.41) is 4.34. The molecule has 0 fully saturated rings. The first-order valence-corrected chi connectivity index (χ1v) is 6.66. The molecule has 2 aromatic heterocycles. The molecular formula is C13H18N2S. The van der Waals surface area contributed by atoms with Crippen LogP contribution in [-0.4, -0.2) is 4.57 Å². The Morgan fingerprint density at radius 2 is 2.31 bits per heavy atom. The van der Waals surface area contributed by atoms with Gasteiger partial charge in [-0.1, -0.05) is 6.92 Å². The molecule has 1 unspecified atom stereocenters. The number of thiophene rings is 1. The molecular weight excluding hydrogens is 216 g/mol. The quantitative estimate of drug-likeness (QED) is 0.846. The SMILES string of the molecule is CCC(N)c1ccn(CCc2ccsc2)c1. The van der Waals surface area contributed by atoms with Gasteiger partial charge in [0.25, 0.3) is 0 Å². The van der Waals surface area contributed by atoms with Crippen LogP contribution < -0.4 is 5.73 Å². The summed E-state index contributed by atoms with van der Waals surface area (Å²) in [6, 6.07) is 4.50. The second-order valence-corrected chi connectivity index (χ2v) is 4.86. The van der Waals surface area contributed by atoms with Gasteiger partial charge in [-0.25, -0.2) is 0 Å². The molecule has 0 aliphatic heterocycles. The highest BCUT2D eigenvalue weighted by atomic mass is 32.1. The van der Waals surface area contributed by atoms with Gasteiger partial charge in [-0.3, -0.25) is 0 Å². The van der Waals surface area contributed by atoms with Gasteiger partial charge >= 0.3 is 0 Å². The molecule has 1 atom stereocenters. The van der Waals surface area contributed by atoms with Crippen LogP contribution in [0, 0.1) is 0 Å². The van der Waals surface area contributed by atoms with Crippen LogP contribution in [0.1, 0.15) is 30.5 Å². The number of hydrogen-bond donors (Lipinski definition) is 1. The van der Waals surface area contributed by atoms with Crippen molar-refractivity contribution in [3.05, 3.63) is 46.4 Å². The predicted molar refractivity (Wildman–Crippen MR) is 69.7 cm³/mol. The third-order valence-electron chi connectivity index (χ3n) is 2.88. The smallest absolute Gasteiger partial charge is 0.0307 e. The molecule has 0 aliphatic rings. The molecule has 0 aromatic carbocycles. The molecule has 2 aromatic rings. The molecule has 2 heterocycles. The summed E-state index contributed by atoms with van der Waals surface area (Å²) < 4.78 is 2.22. The van der Waals surface area contributed by atoms with Gasteiger partial charge in [0, 0.05) is 25.0 Å². The highest BCUT2D eigenvalue weighted by molar-refractivity contribution is 7.07. The lowest BCUT2D eigenvalue weighted by atomic mass is 10.1. The number of hydrogen-bond acceptors (Lipinski definition) is 2. The first kappa shape index (κ1) is 11.4. The average Bonchev–Trinajstić information content (AvgIpc) is 2.96. The molecule has 0 radical (unpaired) electrons. The van der Waals surface area contributed by atoms with Gasteiger partial charge in [0.15, 0.2) is 0 Å². The fourth-order valence-electron chi connectivity index (χ4n) is 1.75. The molecule has 0 spiro atoms. The molecule has 0 aliphatic carbocycles. The van der Waals surface area contributed by atoms with Crippen molar-refractivity contribution in [1.29, 1.82) is 0 Å². The molecule has 0 saturated carbocycles. The highest BCUT2D eigenvalue weighted by Gasteiger charge is 2.04. The molecule has 0 amide bonds. The summed E-state index contributed by atoms with van der Waals surface area (Å²) in [6.07, 6.45) is 6.38. The Balaban J connectivity index is 1.93. The van der Waals surface area contributed by atoms with Crippen LogP contribution in [0.25, 0.3) is 0 Å². The van der Waals surface area contributed by atoms with Gasteiger partial charge in [0.05, 0.1) is 0 Å². The molecule has 3 heteroatoms. The Morgan fingerprint density at radius 1 is 1.44 bits per heavy atom. The lowest BCUT2D eigenvalue weighted by Gasteiger charge is -2.05. The second-order valence-electron chi connectivity index (χ2n) is 4.08. The maximum Gasteiger partial charge on any atom is 0.0307 e. The van der Waals surface area contributed by atoms with Gasteiger partial charge in [0.1, 0.15) is 0 Å². The first-order chi connectivity index (χ1) is 7.79. The molecule has 16 heavy (non-hydrogen) atoms. The van der Waals surface area contributed by atoms with E-state index in [0.717, 1.165) is 19.4 Å². The summed E-state index contributed by atoms with van der Waals surface area (Å²) in [6.45, 7) is 3.15. The van der Waals surface area contributed by atoms with E-state index in [1.54, 1.807) is 11.3 Å². The van der Waals surface area contributed by atoms with Crippen LogP contribution >= 0.6 is 11.3 Å². The zero-order valence-electron chi connectivity index (χ0n) is 9.60. The summed E-state index contributed by atoms with van der Waals surface area (Å²) in [4.78, 5) is 0. The van der Waals surface area contributed by atoms with Crippen molar-refractivity contribution in [3.8, 4) is 0 Å². The Labute approximate surface area is 101 Å². The Morgan fingerprint density at radius 3 is 3.00 bits per heavy atom. The van der Waals surface area contributed by atoms with E-state index in [4.69, 9.17) is 5.73 Å². The Hall–Kier alpha value is -1.06. The summed E-state index contributed by atoms with van der Waals surface area (Å²) in [5.41, 5.74) is 8.65. The molecule has 2 nitrogen and oxygen atoms in total. The van der Waals surface area contributed by atoms with E-state index >= 15 is 0 Å². The Bertz CT molecular complexity index is 417. The van der Waals surface area contributed by atoms with Gasteiger partial charge in [0.2, 0.25) is 0 Å². The minimum atomic E-state index is 0.183. The van der Waals surface area contributed by atoms with Gasteiger partial charge < -0.3 is 10.3 Å². The first-order valence-electron chi connectivity index (χ1n) is 5.72. The number of nitrogens with zero attached hydrogens (tertiary/aromatic N) is 1. The van der Waals surface area contributed by atoms with Crippen molar-refractivity contribution in [1.82, 2.24) is 4.57 Å². The van der Waals surface area contributed by atoms with Crippen LogP contribution in [0.4, 0.5) is 0 Å². The van der Waals surface area contributed by atoms with Crippen LogP contribution in [0.5, 0.6) is 0 Å². The molecule has 0 bridgehead atoms. The van der Waals surface area contributed by atoms with Crippen molar-refractivity contribution < 1.29 is 0 Å². The number of nitrogens with two attached hydrogens (primary N) is 1. The zero-order valence-corrected chi connectivity index (χ0v) is 10.4. The zero-order chi connectivity index (χ0) is 11.4. The van der Waals surface area contributed by atoms with E-state index in [9.17, 15) is 0 Å². The van der Waals surface area contributed by atoms with Crippen LogP contribution in [-0.2, 0) is 13.0 Å². The van der Waals surface area contributed by atoms with E-state index in [-0.39, 0.29) is 6.04 Å². The fraction of sp³-hybridized carbons (Fsp3) is 0.385. The van der Waals surface area contributed by atoms with Crippen molar-refractivity contribution in [3.63, 3.8) is 0 Å². The third-order valence-corrected chi connectivity index (χ3v) is 3.61. The van der Waals surface area contributed by atoms with E-state index in [0.29, 0.717) is 0 Å². The van der Waals surface area contributed by atoms with Crippen molar-refractivity contribution in [2.75, 3.05) is 0 Å². The van der Waals surface area contributed by atoms with E-state index < -0.39 is 0 Å². The minimum absolute atomic E-state index is 0.183. The van der Waals surface area contributed by atoms with Gasteiger partial charge in [-0.2, -0.15) is 11.3 Å². The number of aromatic nitrogens is 1. The van der Waals surface area contributed by atoms with Gasteiger partial charge in [-0.05, 0) is 46.9 Å². The molecule has 2 N–H and O–H groups in total. The van der Waals surface area contributed by atoms with Gasteiger partial charge in [-0.15, -0.1) is 0 Å². The largest absolute Gasteiger partial charge is 0.354 e. The van der Waals surface area contributed by atoms with Crippen LogP contribution in [0.2, 0.25) is 0 Å². The van der Waals surface area contributed by atoms with E-state index in [2.05, 4.69) is 46.8 Å². The van der Waals surface area contributed by atoms with Crippen LogP contribution in [0.15, 0.2) is 35.3 Å². The average molecular weight is 234 g/mol. The molecule has 2 rings (SSSR count). The summed E-state index contributed by atoms with van der Waals surface area (Å²) >= 11 is 1.76. The third kappa shape index (κ3) is 2.74. The summed E-state index contributed by atoms with van der Waals surface area (Å²) in [5.74, 6) is 0. The highest BCUT2D eigenvalue weighted by Crippen LogP contribution is 2.14. The number of aryl methyl sites for hydroxylation is 2. The Kier molecular flexibility index (Phi) is 3.80. The topological polar surface area (TPSA) is 30.9 Å². The lowest BCUT2D eigenvalue weighted by molar-refractivity contribution is 0.674. The van der Waals surface area contributed by atoms with E-state index in [1.165, 1.54) is 11.1 Å². The summed E-state index contributed by atoms with van der Waals surface area (Å²) in [7, 11) is 0. The standard InChI is InChI=1S/C13H18N2S/c1-2-13(14)12-4-7-15(9-12)6-3-11-5-8-16-10-11/h4-5,7-10,13H,2-3,6,14H2,1H3. The van der Waals surface area contributed by atoms with Crippen molar-refractivity contribution >= 4 is 11.3 Å². The maximum absolute atomic E-state index is 5.99. The van der Waals surface area contributed by atoms with Crippen molar-refractivity contribution in [2.24, 2.45) is 5.73 Å². The minimum Gasteiger partial charge on any atom is -0.354 e. The predicted octanol–water partition coefficient (Wildman–Crippen LogP) is 3.20. The molecule has 86 valence electrons. The van der Waals surface area contributed by atoms with Crippen LogP contribution in [0.3, 0.4) is 0 Å². The maximum atomic E-state index is 5.99. The normalized spacial score (nSPS) is 12.9. The van der Waals surface area contributed by atoms with Crippen molar-refractivity contribution in [2.45, 2.75) is 32.4 Å². The number of rotatable bonds is 5. The monoisotopic (exact) mass is 234 g/mol. The molecule has 0 saturated heterocycles.